The second kappa shape index (κ2) is 30.6. The van der Waals surface area contributed by atoms with Crippen molar-refractivity contribution in [2.45, 2.75) is 219 Å². The molecule has 0 saturated carbocycles. The van der Waals surface area contributed by atoms with E-state index in [1.807, 2.05) is 0 Å². The molecule has 278 valence electrons. The van der Waals surface area contributed by atoms with Crippen molar-refractivity contribution in [2.75, 3.05) is 19.6 Å². The van der Waals surface area contributed by atoms with Crippen LogP contribution in [0.25, 0.3) is 0 Å². The lowest BCUT2D eigenvalue weighted by atomic mass is 9.98. The number of piperidine rings is 1. The normalized spacial score (nSPS) is 20.0. The number of hydrogen-bond donors (Lipinski definition) is 0. The Morgan fingerprint density at radius 1 is 0.479 bits per heavy atom. The lowest BCUT2D eigenvalue weighted by molar-refractivity contribution is -0.185. The van der Waals surface area contributed by atoms with Crippen LogP contribution in [0.4, 0.5) is 0 Å². The Balaban J connectivity index is 1.58. The van der Waals surface area contributed by atoms with Crippen LogP contribution in [-0.4, -0.2) is 42.5 Å². The highest BCUT2D eigenvalue weighted by Crippen LogP contribution is 2.40. The lowest BCUT2D eigenvalue weighted by Crippen LogP contribution is -2.45. The van der Waals surface area contributed by atoms with E-state index in [0.717, 1.165) is 38.6 Å². The van der Waals surface area contributed by atoms with Gasteiger partial charge in [0.15, 0.2) is 5.79 Å². The van der Waals surface area contributed by atoms with Crippen molar-refractivity contribution in [3.8, 4) is 0 Å². The minimum atomic E-state index is -0.317. The fraction of sp³-hybridized carbons (Fsp3) is 0.822. The molecule has 0 N–H and O–H groups in total. The monoisotopic (exact) mass is 668 g/mol. The second-order valence-electron chi connectivity index (χ2n) is 15.0. The van der Waals surface area contributed by atoms with E-state index in [-0.39, 0.29) is 11.9 Å². The average molecular weight is 668 g/mol. The molecule has 0 radical (unpaired) electrons. The first-order chi connectivity index (χ1) is 23.7. The fourth-order valence-corrected chi connectivity index (χ4v) is 7.43. The molecule has 0 aliphatic carbocycles. The number of allylic oxidation sites excluding steroid dienone is 8. The Kier molecular flexibility index (Phi) is 27.5. The Morgan fingerprint density at radius 2 is 0.896 bits per heavy atom. The summed E-state index contributed by atoms with van der Waals surface area (Å²) in [5, 5.41) is 0. The quantitative estimate of drug-likeness (QED) is 0.0526. The van der Waals surface area contributed by atoms with Crippen molar-refractivity contribution < 1.29 is 9.47 Å². The molecule has 48 heavy (non-hydrogen) atoms. The summed E-state index contributed by atoms with van der Waals surface area (Å²) in [4.78, 5) is 2.60. The van der Waals surface area contributed by atoms with Gasteiger partial charge in [-0.2, -0.15) is 0 Å². The van der Waals surface area contributed by atoms with E-state index >= 15 is 0 Å². The molecule has 0 aromatic carbocycles. The van der Waals surface area contributed by atoms with Crippen molar-refractivity contribution in [2.24, 2.45) is 0 Å². The number of rotatable bonds is 32. The molecule has 0 bridgehead atoms. The average Bonchev–Trinajstić information content (AvgIpc) is 3.45. The van der Waals surface area contributed by atoms with Crippen LogP contribution in [0.3, 0.4) is 0 Å². The van der Waals surface area contributed by atoms with E-state index in [0.29, 0.717) is 6.10 Å². The summed E-state index contributed by atoms with van der Waals surface area (Å²) in [6, 6.07) is 0. The van der Waals surface area contributed by atoms with Crippen LogP contribution in [0.5, 0.6) is 0 Å². The molecule has 0 amide bonds. The Bertz CT molecular complexity index is 781. The number of fused-ring (bicyclic) bond motifs is 1. The van der Waals surface area contributed by atoms with Gasteiger partial charge in [0, 0.05) is 25.9 Å². The minimum Gasteiger partial charge on any atom is -0.344 e. The van der Waals surface area contributed by atoms with Crippen molar-refractivity contribution in [3.63, 3.8) is 0 Å². The standard InChI is InChI=1S/C45H81NO2/c1-4-7-9-11-13-15-17-19-21-23-25-27-29-31-33-35-38-45(47-43-37-41-46(40-6-3)42-44(43)48-45)39-36-34-32-30-28-26-24-22-20-18-16-14-12-10-8-5-2/h13-16,19-22,43-44H,4-12,17-18,23-42H2,1-3H3/b15-13-,16-14-,21-19-,22-20-/t43-,44-/m0/s1. The van der Waals surface area contributed by atoms with Gasteiger partial charge in [-0.25, -0.2) is 0 Å². The molecule has 2 heterocycles. The molecule has 0 aromatic heterocycles. The van der Waals surface area contributed by atoms with E-state index in [2.05, 4.69) is 74.3 Å². The summed E-state index contributed by atoms with van der Waals surface area (Å²) in [7, 11) is 0. The number of likely N-dealkylation sites (tertiary alicyclic amines) is 1. The highest BCUT2D eigenvalue weighted by Gasteiger charge is 2.48. The number of ether oxygens (including phenoxy) is 2. The summed E-state index contributed by atoms with van der Waals surface area (Å²) in [6.07, 6.45) is 55.1. The molecule has 2 aliphatic heterocycles. The number of hydrogen-bond acceptors (Lipinski definition) is 3. The van der Waals surface area contributed by atoms with E-state index in [1.165, 1.54) is 161 Å². The van der Waals surface area contributed by atoms with Gasteiger partial charge in [0.1, 0.15) is 0 Å². The molecule has 0 aromatic rings. The Morgan fingerprint density at radius 3 is 1.35 bits per heavy atom. The van der Waals surface area contributed by atoms with Crippen LogP contribution in [0.2, 0.25) is 0 Å². The Labute approximate surface area is 300 Å². The van der Waals surface area contributed by atoms with Crippen LogP contribution in [0, 0.1) is 0 Å². The molecule has 2 aliphatic rings. The van der Waals surface area contributed by atoms with E-state index in [9.17, 15) is 0 Å². The van der Waals surface area contributed by atoms with Crippen LogP contribution >= 0.6 is 0 Å². The Hall–Kier alpha value is -1.16. The van der Waals surface area contributed by atoms with Gasteiger partial charge in [0.25, 0.3) is 0 Å². The smallest absolute Gasteiger partial charge is 0.169 e. The maximum atomic E-state index is 6.89. The van der Waals surface area contributed by atoms with Gasteiger partial charge >= 0.3 is 0 Å². The molecule has 2 rings (SSSR count). The van der Waals surface area contributed by atoms with E-state index in [1.54, 1.807) is 0 Å². The van der Waals surface area contributed by atoms with Gasteiger partial charge in [0.2, 0.25) is 0 Å². The molecule has 2 saturated heterocycles. The number of nitrogens with zero attached hydrogens (tertiary/aromatic N) is 1. The number of unbranched alkanes of at least 4 members (excludes halogenated alkanes) is 18. The van der Waals surface area contributed by atoms with E-state index in [4.69, 9.17) is 9.47 Å². The van der Waals surface area contributed by atoms with Crippen LogP contribution in [0.1, 0.15) is 201 Å². The first-order valence-electron chi connectivity index (χ1n) is 21.4. The fourth-order valence-electron chi connectivity index (χ4n) is 7.43. The van der Waals surface area contributed by atoms with Crippen molar-refractivity contribution >= 4 is 0 Å². The molecule has 2 fully saturated rings. The summed E-state index contributed by atoms with van der Waals surface area (Å²) in [5.74, 6) is -0.317. The van der Waals surface area contributed by atoms with Crippen molar-refractivity contribution in [3.05, 3.63) is 48.6 Å². The summed E-state index contributed by atoms with van der Waals surface area (Å²) in [5.41, 5.74) is 0. The van der Waals surface area contributed by atoms with Gasteiger partial charge in [-0.15, -0.1) is 0 Å². The van der Waals surface area contributed by atoms with Gasteiger partial charge in [-0.1, -0.05) is 146 Å². The van der Waals surface area contributed by atoms with Gasteiger partial charge in [-0.3, -0.25) is 0 Å². The highest BCUT2D eigenvalue weighted by atomic mass is 16.8. The van der Waals surface area contributed by atoms with Crippen LogP contribution in [-0.2, 0) is 9.47 Å². The third-order valence-corrected chi connectivity index (χ3v) is 10.4. The van der Waals surface area contributed by atoms with Gasteiger partial charge in [-0.05, 0) is 96.4 Å². The topological polar surface area (TPSA) is 21.7 Å². The zero-order valence-electron chi connectivity index (χ0n) is 32.5. The van der Waals surface area contributed by atoms with Crippen LogP contribution in [0.15, 0.2) is 48.6 Å². The third kappa shape index (κ3) is 21.8. The summed E-state index contributed by atoms with van der Waals surface area (Å²) >= 11 is 0. The molecule has 2 atom stereocenters. The highest BCUT2D eigenvalue weighted by molar-refractivity contribution is 4.94. The molecular formula is C45H81NO2. The minimum absolute atomic E-state index is 0.277. The molecule has 3 heteroatoms. The SMILES string of the molecule is CCCCC/C=C\C/C=C\CCCCCCCCC1(CCCCCCCC/C=C\C/C=C\CCCCC)O[C@H]2CCN(CCC)C[C@@H]2O1. The zero-order chi connectivity index (χ0) is 34.2. The molecular weight excluding hydrogens is 587 g/mol. The summed E-state index contributed by atoms with van der Waals surface area (Å²) < 4.78 is 13.7. The van der Waals surface area contributed by atoms with E-state index < -0.39 is 0 Å². The molecule has 3 nitrogen and oxygen atoms in total. The van der Waals surface area contributed by atoms with Crippen molar-refractivity contribution in [1.29, 1.82) is 0 Å². The predicted octanol–water partition coefficient (Wildman–Crippen LogP) is 14.0. The van der Waals surface area contributed by atoms with Gasteiger partial charge in [0.05, 0.1) is 12.2 Å². The zero-order valence-corrected chi connectivity index (χ0v) is 32.5. The maximum Gasteiger partial charge on any atom is 0.169 e. The first kappa shape index (κ1) is 43.0. The third-order valence-electron chi connectivity index (χ3n) is 10.4. The largest absolute Gasteiger partial charge is 0.344 e. The van der Waals surface area contributed by atoms with Crippen LogP contribution < -0.4 is 0 Å². The molecule has 0 unspecified atom stereocenters. The molecule has 0 spiro atoms. The second-order valence-corrected chi connectivity index (χ2v) is 15.0. The maximum absolute atomic E-state index is 6.89. The first-order valence-corrected chi connectivity index (χ1v) is 21.4. The van der Waals surface area contributed by atoms with Crippen molar-refractivity contribution in [1.82, 2.24) is 4.90 Å². The lowest BCUT2D eigenvalue weighted by Gasteiger charge is -2.32. The summed E-state index contributed by atoms with van der Waals surface area (Å²) in [6.45, 7) is 10.3. The van der Waals surface area contributed by atoms with Gasteiger partial charge < -0.3 is 14.4 Å². The predicted molar refractivity (Wildman–Crippen MR) is 212 cm³/mol.